The van der Waals surface area contributed by atoms with E-state index in [9.17, 15) is 4.79 Å². The van der Waals surface area contributed by atoms with Crippen molar-refractivity contribution in [1.29, 1.82) is 0 Å². The fourth-order valence-corrected chi connectivity index (χ4v) is 3.00. The van der Waals surface area contributed by atoms with Gasteiger partial charge in [0.2, 0.25) is 5.89 Å². The number of hydrogen-bond acceptors (Lipinski definition) is 5. The number of carbonyl (C=O) groups excluding carboxylic acids is 1. The largest absolute Gasteiger partial charge is 0.443 e. The van der Waals surface area contributed by atoms with Crippen LogP contribution in [0, 0.1) is 0 Å². The first-order valence-corrected chi connectivity index (χ1v) is 9.83. The predicted molar refractivity (Wildman–Crippen MR) is 109 cm³/mol. The maximum absolute atomic E-state index is 12.3. The van der Waals surface area contributed by atoms with Crippen LogP contribution in [0.15, 0.2) is 47.2 Å². The zero-order chi connectivity index (χ0) is 19.8. The maximum Gasteiger partial charge on any atom is 0.273 e. The fraction of sp³-hybridized carbons (Fsp3) is 0.381. The molecule has 3 N–H and O–H groups in total. The Morgan fingerprint density at radius 1 is 1.14 bits per heavy atom. The van der Waals surface area contributed by atoms with Crippen LogP contribution < -0.4 is 11.1 Å². The molecule has 0 aliphatic heterocycles. The van der Waals surface area contributed by atoms with Gasteiger partial charge < -0.3 is 15.5 Å². The topological polar surface area (TPSA) is 99.0 Å². The van der Waals surface area contributed by atoms with Gasteiger partial charge in [0.1, 0.15) is 12.1 Å². The Labute approximate surface area is 165 Å². The molecule has 0 bridgehead atoms. The van der Waals surface area contributed by atoms with Gasteiger partial charge in [-0.1, -0.05) is 57.2 Å². The summed E-state index contributed by atoms with van der Waals surface area (Å²) in [6, 6.07) is 9.56. The second-order valence-corrected chi connectivity index (χ2v) is 6.75. The Bertz CT molecular complexity index is 885. The summed E-state index contributed by atoms with van der Waals surface area (Å²) in [7, 11) is 0. The smallest absolute Gasteiger partial charge is 0.273 e. The van der Waals surface area contributed by atoms with Gasteiger partial charge in [0.25, 0.3) is 5.91 Å². The summed E-state index contributed by atoms with van der Waals surface area (Å²) >= 11 is 0. The van der Waals surface area contributed by atoms with E-state index in [-0.39, 0.29) is 17.5 Å². The number of oxazole rings is 1. The number of benzene rings is 1. The van der Waals surface area contributed by atoms with Gasteiger partial charge in [0.15, 0.2) is 5.69 Å². The van der Waals surface area contributed by atoms with Crippen molar-refractivity contribution in [3.63, 3.8) is 0 Å². The molecule has 3 rings (SSSR count). The van der Waals surface area contributed by atoms with Crippen molar-refractivity contribution in [1.82, 2.24) is 20.1 Å². The molecule has 2 heterocycles. The van der Waals surface area contributed by atoms with Crippen molar-refractivity contribution >= 4 is 11.7 Å². The summed E-state index contributed by atoms with van der Waals surface area (Å²) in [4.78, 5) is 16.5. The third-order valence-corrected chi connectivity index (χ3v) is 4.59. The summed E-state index contributed by atoms with van der Waals surface area (Å²) in [5.41, 5.74) is 7.84. The van der Waals surface area contributed by atoms with E-state index < -0.39 is 0 Å². The van der Waals surface area contributed by atoms with Crippen molar-refractivity contribution in [2.45, 2.75) is 45.4 Å². The van der Waals surface area contributed by atoms with Crippen LogP contribution >= 0.6 is 0 Å². The first-order valence-electron chi connectivity index (χ1n) is 9.83. The number of aromatic nitrogens is 3. The zero-order valence-corrected chi connectivity index (χ0v) is 16.2. The van der Waals surface area contributed by atoms with Crippen LogP contribution in [0.2, 0.25) is 0 Å². The summed E-state index contributed by atoms with van der Waals surface area (Å²) in [5.74, 6) is 0.453. The molecule has 0 radical (unpaired) electrons. The molecule has 0 saturated heterocycles. The molecule has 7 heteroatoms. The molecule has 0 saturated carbocycles. The van der Waals surface area contributed by atoms with Gasteiger partial charge in [0, 0.05) is 6.54 Å². The lowest BCUT2D eigenvalue weighted by molar-refractivity contribution is 0.0948. The molecule has 1 amide bonds. The Kier molecular flexibility index (Phi) is 6.84. The lowest BCUT2D eigenvalue weighted by Gasteiger charge is -2.03. The van der Waals surface area contributed by atoms with Gasteiger partial charge in [0.05, 0.1) is 17.4 Å². The van der Waals surface area contributed by atoms with E-state index in [1.165, 1.54) is 31.9 Å². The number of nitrogen functional groups attached to an aromatic ring is 1. The summed E-state index contributed by atoms with van der Waals surface area (Å²) in [6.07, 6.45) is 10.0. The molecule has 148 valence electrons. The normalized spacial score (nSPS) is 10.9. The molecule has 0 aliphatic carbocycles. The van der Waals surface area contributed by atoms with Crippen LogP contribution in [0.25, 0.3) is 17.1 Å². The molecule has 2 aromatic heterocycles. The summed E-state index contributed by atoms with van der Waals surface area (Å²) < 4.78 is 7.08. The number of unbranched alkanes of at least 4 members (excludes halogenated alkanes) is 5. The van der Waals surface area contributed by atoms with Crippen LogP contribution in [0.4, 0.5) is 5.82 Å². The molecule has 1 aromatic carbocycles. The Morgan fingerprint density at radius 3 is 2.68 bits per heavy atom. The highest BCUT2D eigenvalue weighted by atomic mass is 16.3. The Morgan fingerprint density at radius 2 is 1.89 bits per heavy atom. The van der Waals surface area contributed by atoms with Crippen molar-refractivity contribution < 1.29 is 9.21 Å². The van der Waals surface area contributed by atoms with Gasteiger partial charge in [-0.25, -0.2) is 9.67 Å². The minimum atomic E-state index is -0.238. The minimum Gasteiger partial charge on any atom is -0.443 e. The van der Waals surface area contributed by atoms with E-state index in [1.54, 1.807) is 10.9 Å². The molecule has 28 heavy (non-hydrogen) atoms. The van der Waals surface area contributed by atoms with Gasteiger partial charge >= 0.3 is 0 Å². The number of nitrogens with one attached hydrogen (secondary N) is 1. The molecule has 0 atom stereocenters. The number of para-hydroxylation sites is 1. The van der Waals surface area contributed by atoms with E-state index in [0.717, 1.165) is 18.5 Å². The number of amides is 1. The van der Waals surface area contributed by atoms with Crippen molar-refractivity contribution in [3.8, 4) is 17.1 Å². The monoisotopic (exact) mass is 381 g/mol. The Hall–Kier alpha value is -3.09. The molecule has 0 aliphatic rings. The van der Waals surface area contributed by atoms with Crippen LogP contribution in [-0.2, 0) is 0 Å². The summed E-state index contributed by atoms with van der Waals surface area (Å²) in [6.45, 7) is 2.84. The molecular weight excluding hydrogens is 354 g/mol. The quantitative estimate of drug-likeness (QED) is 0.513. The molecule has 0 unspecified atom stereocenters. The van der Waals surface area contributed by atoms with Crippen LogP contribution in [-0.4, -0.2) is 27.2 Å². The van der Waals surface area contributed by atoms with Crippen LogP contribution in [0.1, 0.15) is 55.9 Å². The Balaban J connectivity index is 1.57. The number of rotatable bonds is 10. The molecule has 0 spiro atoms. The average molecular weight is 381 g/mol. The first-order chi connectivity index (χ1) is 13.7. The number of nitrogens with zero attached hydrogens (tertiary/aromatic N) is 3. The first kappa shape index (κ1) is 19.7. The zero-order valence-electron chi connectivity index (χ0n) is 16.2. The highest BCUT2D eigenvalue weighted by Crippen LogP contribution is 2.27. The standard InChI is InChI=1S/C21H27N5O2/c1-2-3-4-5-6-10-13-23-20(27)18-15-28-21(25-18)17-14-24-26(19(17)22)16-11-8-7-9-12-16/h7-9,11-12,14-15H,2-6,10,13,22H2,1H3,(H,23,27). The van der Waals surface area contributed by atoms with E-state index in [0.29, 0.717) is 17.9 Å². The predicted octanol–water partition coefficient (Wildman–Crippen LogP) is 4.20. The number of anilines is 1. The average Bonchev–Trinajstić information content (AvgIpc) is 3.34. The molecular formula is C21H27N5O2. The highest BCUT2D eigenvalue weighted by molar-refractivity contribution is 5.92. The van der Waals surface area contributed by atoms with Gasteiger partial charge in [-0.05, 0) is 18.6 Å². The molecule has 3 aromatic rings. The third-order valence-electron chi connectivity index (χ3n) is 4.59. The second kappa shape index (κ2) is 9.73. The fourth-order valence-electron chi connectivity index (χ4n) is 3.00. The van der Waals surface area contributed by atoms with Crippen molar-refractivity contribution in [3.05, 3.63) is 48.5 Å². The van der Waals surface area contributed by atoms with Gasteiger partial charge in [-0.3, -0.25) is 4.79 Å². The van der Waals surface area contributed by atoms with E-state index >= 15 is 0 Å². The maximum atomic E-state index is 12.3. The number of hydrogen-bond donors (Lipinski definition) is 2. The summed E-state index contributed by atoms with van der Waals surface area (Å²) in [5, 5.41) is 7.19. The van der Waals surface area contributed by atoms with E-state index in [1.807, 2.05) is 30.3 Å². The lowest BCUT2D eigenvalue weighted by Crippen LogP contribution is -2.24. The SMILES string of the molecule is CCCCCCCCNC(=O)c1coc(-c2cnn(-c3ccccc3)c2N)n1. The van der Waals surface area contributed by atoms with Crippen molar-refractivity contribution in [2.75, 3.05) is 12.3 Å². The molecule has 0 fully saturated rings. The molecule has 7 nitrogen and oxygen atoms in total. The van der Waals surface area contributed by atoms with Gasteiger partial charge in [-0.2, -0.15) is 5.10 Å². The highest BCUT2D eigenvalue weighted by Gasteiger charge is 2.18. The lowest BCUT2D eigenvalue weighted by atomic mass is 10.1. The van der Waals surface area contributed by atoms with Crippen molar-refractivity contribution in [2.24, 2.45) is 0 Å². The van der Waals surface area contributed by atoms with Crippen LogP contribution in [0.5, 0.6) is 0 Å². The van der Waals surface area contributed by atoms with E-state index in [2.05, 4.69) is 22.3 Å². The number of carbonyl (C=O) groups is 1. The number of nitrogens with two attached hydrogens (primary N) is 1. The van der Waals surface area contributed by atoms with E-state index in [4.69, 9.17) is 10.2 Å². The second-order valence-electron chi connectivity index (χ2n) is 6.75. The van der Waals surface area contributed by atoms with Crippen LogP contribution in [0.3, 0.4) is 0 Å². The third kappa shape index (κ3) is 4.79. The van der Waals surface area contributed by atoms with Gasteiger partial charge in [-0.15, -0.1) is 0 Å². The minimum absolute atomic E-state index is 0.238.